The number of benzene rings is 1. The molecule has 2 N–H and O–H groups in total. The lowest BCUT2D eigenvalue weighted by atomic mass is 10.1. The van der Waals surface area contributed by atoms with E-state index in [1.54, 1.807) is 42.2 Å². The molecule has 0 saturated carbocycles. The number of methoxy groups -OCH3 is 1. The Balaban J connectivity index is 2.25. The molecule has 0 amide bonds. The number of nitrogen functional groups attached to an aromatic ring is 1. The topological polar surface area (TPSA) is 78.3 Å². The van der Waals surface area contributed by atoms with Gasteiger partial charge in [0.1, 0.15) is 12.1 Å². The first-order valence-corrected chi connectivity index (χ1v) is 5.38. The molecule has 0 spiro atoms. The van der Waals surface area contributed by atoms with Gasteiger partial charge in [0.15, 0.2) is 11.5 Å². The number of nitrogens with two attached hydrogens (primary N) is 1. The van der Waals surface area contributed by atoms with Crippen molar-refractivity contribution in [2.75, 3.05) is 12.8 Å². The number of nitrogens with zero attached hydrogens (tertiary/aromatic N) is 4. The monoisotopic (exact) mass is 241 g/mol. The SMILES string of the molecule is COc1ccc(N)c(-c2nnc3ccncn23)c1. The van der Waals surface area contributed by atoms with E-state index < -0.39 is 0 Å². The summed E-state index contributed by atoms with van der Waals surface area (Å²) in [5.41, 5.74) is 8.09. The fourth-order valence-electron chi connectivity index (χ4n) is 1.79. The van der Waals surface area contributed by atoms with Gasteiger partial charge in [-0.25, -0.2) is 4.98 Å². The summed E-state index contributed by atoms with van der Waals surface area (Å²) < 4.78 is 6.97. The highest BCUT2D eigenvalue weighted by Gasteiger charge is 2.11. The Morgan fingerprint density at radius 2 is 2.11 bits per heavy atom. The maximum Gasteiger partial charge on any atom is 0.171 e. The first kappa shape index (κ1) is 10.5. The standard InChI is InChI=1S/C12H11N5O/c1-18-8-2-3-10(13)9(6-8)12-16-15-11-4-5-14-7-17(11)12/h2-7H,13H2,1H3. The third-order valence-corrected chi connectivity index (χ3v) is 2.72. The zero-order chi connectivity index (χ0) is 12.5. The Hall–Kier alpha value is -2.63. The zero-order valence-corrected chi connectivity index (χ0v) is 9.74. The molecule has 0 aliphatic carbocycles. The van der Waals surface area contributed by atoms with Crippen LogP contribution >= 0.6 is 0 Å². The Morgan fingerprint density at radius 1 is 1.22 bits per heavy atom. The molecule has 0 aliphatic heterocycles. The number of rotatable bonds is 2. The van der Waals surface area contributed by atoms with Crippen molar-refractivity contribution in [3.05, 3.63) is 36.8 Å². The minimum Gasteiger partial charge on any atom is -0.497 e. The van der Waals surface area contributed by atoms with Crippen LogP contribution in [0, 0.1) is 0 Å². The molecule has 0 atom stereocenters. The number of fused-ring (bicyclic) bond motifs is 1. The largest absolute Gasteiger partial charge is 0.497 e. The van der Waals surface area contributed by atoms with Gasteiger partial charge in [0.2, 0.25) is 0 Å². The predicted molar refractivity (Wildman–Crippen MR) is 67.2 cm³/mol. The number of ether oxygens (including phenoxy) is 1. The molecule has 0 radical (unpaired) electrons. The molecule has 18 heavy (non-hydrogen) atoms. The van der Waals surface area contributed by atoms with Crippen molar-refractivity contribution in [2.45, 2.75) is 0 Å². The summed E-state index contributed by atoms with van der Waals surface area (Å²) in [6, 6.07) is 7.21. The summed E-state index contributed by atoms with van der Waals surface area (Å²) in [7, 11) is 1.61. The molecule has 90 valence electrons. The molecule has 0 aliphatic rings. The van der Waals surface area contributed by atoms with E-state index in [1.807, 2.05) is 6.07 Å². The van der Waals surface area contributed by atoms with Crippen LogP contribution in [0.1, 0.15) is 0 Å². The Bertz CT molecular complexity index is 707. The molecule has 2 heterocycles. The van der Waals surface area contributed by atoms with Crippen molar-refractivity contribution < 1.29 is 4.74 Å². The zero-order valence-electron chi connectivity index (χ0n) is 9.74. The number of hydrogen-bond donors (Lipinski definition) is 1. The van der Waals surface area contributed by atoms with E-state index in [0.29, 0.717) is 11.5 Å². The van der Waals surface area contributed by atoms with Crippen molar-refractivity contribution in [3.8, 4) is 17.1 Å². The quantitative estimate of drug-likeness (QED) is 0.686. The Labute approximate surface area is 103 Å². The first-order valence-electron chi connectivity index (χ1n) is 5.38. The second-order valence-corrected chi connectivity index (χ2v) is 3.79. The average molecular weight is 241 g/mol. The maximum absolute atomic E-state index is 5.97. The summed E-state index contributed by atoms with van der Waals surface area (Å²) >= 11 is 0. The third-order valence-electron chi connectivity index (χ3n) is 2.72. The second-order valence-electron chi connectivity index (χ2n) is 3.79. The molecule has 0 unspecified atom stereocenters. The lowest BCUT2D eigenvalue weighted by Crippen LogP contribution is -1.96. The van der Waals surface area contributed by atoms with Gasteiger partial charge in [-0.1, -0.05) is 0 Å². The molecular weight excluding hydrogens is 230 g/mol. The minimum atomic E-state index is 0.619. The van der Waals surface area contributed by atoms with Crippen LogP contribution in [0.3, 0.4) is 0 Å². The van der Waals surface area contributed by atoms with Crippen LogP contribution in [-0.2, 0) is 0 Å². The highest BCUT2D eigenvalue weighted by Crippen LogP contribution is 2.28. The average Bonchev–Trinajstić information content (AvgIpc) is 2.83. The summed E-state index contributed by atoms with van der Waals surface area (Å²) in [5, 5.41) is 8.21. The van der Waals surface area contributed by atoms with Crippen LogP contribution in [0.2, 0.25) is 0 Å². The van der Waals surface area contributed by atoms with E-state index in [1.165, 1.54) is 0 Å². The predicted octanol–water partition coefficient (Wildman–Crippen LogP) is 1.38. The maximum atomic E-state index is 5.97. The normalized spacial score (nSPS) is 10.7. The van der Waals surface area contributed by atoms with Gasteiger partial charge >= 0.3 is 0 Å². The van der Waals surface area contributed by atoms with Crippen LogP contribution < -0.4 is 10.5 Å². The van der Waals surface area contributed by atoms with E-state index in [9.17, 15) is 0 Å². The van der Waals surface area contributed by atoms with Crippen LogP contribution in [0.15, 0.2) is 36.8 Å². The lowest BCUT2D eigenvalue weighted by Gasteiger charge is -2.06. The van der Waals surface area contributed by atoms with E-state index in [0.717, 1.165) is 17.0 Å². The van der Waals surface area contributed by atoms with E-state index in [2.05, 4.69) is 15.2 Å². The molecule has 6 heteroatoms. The third kappa shape index (κ3) is 1.55. The highest BCUT2D eigenvalue weighted by atomic mass is 16.5. The van der Waals surface area contributed by atoms with Crippen molar-refractivity contribution in [3.63, 3.8) is 0 Å². The van der Waals surface area contributed by atoms with E-state index >= 15 is 0 Å². The van der Waals surface area contributed by atoms with E-state index in [-0.39, 0.29) is 0 Å². The van der Waals surface area contributed by atoms with Crippen molar-refractivity contribution >= 4 is 11.3 Å². The van der Waals surface area contributed by atoms with Gasteiger partial charge in [0, 0.05) is 23.5 Å². The van der Waals surface area contributed by atoms with Crippen molar-refractivity contribution in [1.29, 1.82) is 0 Å². The fraction of sp³-hybridized carbons (Fsp3) is 0.0833. The Kier molecular flexibility index (Phi) is 2.33. The lowest BCUT2D eigenvalue weighted by molar-refractivity contribution is 0.415. The summed E-state index contributed by atoms with van der Waals surface area (Å²) in [4.78, 5) is 4.05. The van der Waals surface area contributed by atoms with Gasteiger partial charge in [-0.15, -0.1) is 10.2 Å². The molecule has 3 rings (SSSR count). The molecule has 1 aromatic carbocycles. The number of aromatic nitrogens is 4. The molecule has 2 aromatic heterocycles. The van der Waals surface area contributed by atoms with Gasteiger partial charge in [0.05, 0.1) is 7.11 Å². The molecule has 0 saturated heterocycles. The summed E-state index contributed by atoms with van der Waals surface area (Å²) in [5.74, 6) is 1.37. The summed E-state index contributed by atoms with van der Waals surface area (Å²) in [6.07, 6.45) is 3.33. The van der Waals surface area contributed by atoms with Gasteiger partial charge in [0.25, 0.3) is 0 Å². The van der Waals surface area contributed by atoms with Gasteiger partial charge < -0.3 is 10.5 Å². The number of anilines is 1. The van der Waals surface area contributed by atoms with Gasteiger partial charge in [-0.05, 0) is 18.2 Å². The highest BCUT2D eigenvalue weighted by molar-refractivity contribution is 5.74. The van der Waals surface area contributed by atoms with Crippen LogP contribution in [0.25, 0.3) is 17.0 Å². The van der Waals surface area contributed by atoms with Crippen molar-refractivity contribution in [2.24, 2.45) is 0 Å². The molecule has 3 aromatic rings. The first-order chi connectivity index (χ1) is 8.79. The molecule has 0 fully saturated rings. The van der Waals surface area contributed by atoms with Crippen molar-refractivity contribution in [1.82, 2.24) is 19.6 Å². The molecule has 0 bridgehead atoms. The van der Waals surface area contributed by atoms with Crippen LogP contribution in [0.4, 0.5) is 5.69 Å². The molecular formula is C12H11N5O. The minimum absolute atomic E-state index is 0.619. The van der Waals surface area contributed by atoms with Gasteiger partial charge in [-0.2, -0.15) is 0 Å². The van der Waals surface area contributed by atoms with E-state index in [4.69, 9.17) is 10.5 Å². The van der Waals surface area contributed by atoms with Crippen LogP contribution in [0.5, 0.6) is 5.75 Å². The van der Waals surface area contributed by atoms with Gasteiger partial charge in [-0.3, -0.25) is 4.40 Å². The summed E-state index contributed by atoms with van der Waals surface area (Å²) in [6.45, 7) is 0. The molecule has 6 nitrogen and oxygen atoms in total. The number of hydrogen-bond acceptors (Lipinski definition) is 5. The van der Waals surface area contributed by atoms with Crippen LogP contribution in [-0.4, -0.2) is 26.7 Å². The second kappa shape index (κ2) is 3.99. The fourth-order valence-corrected chi connectivity index (χ4v) is 1.79. The smallest absolute Gasteiger partial charge is 0.171 e. The Morgan fingerprint density at radius 3 is 2.94 bits per heavy atom.